The monoisotopic (exact) mass is 593 g/mol. The van der Waals surface area contributed by atoms with Gasteiger partial charge in [-0.15, -0.1) is 0 Å². The van der Waals surface area contributed by atoms with Crippen LogP contribution in [-0.4, -0.2) is 64.5 Å². The van der Waals surface area contributed by atoms with E-state index < -0.39 is 43.1 Å². The van der Waals surface area contributed by atoms with Gasteiger partial charge < -0.3 is 30.3 Å². The average molecular weight is 593 g/mol. The quantitative estimate of drug-likeness (QED) is 0.198. The van der Waals surface area contributed by atoms with E-state index in [9.17, 15) is 24.4 Å². The van der Waals surface area contributed by atoms with Crippen LogP contribution in [0.3, 0.4) is 0 Å². The number of carbonyl (C=O) groups excluding carboxylic acids is 3. The number of benzene rings is 4. The van der Waals surface area contributed by atoms with Crippen molar-refractivity contribution in [3.8, 4) is 0 Å². The zero-order valence-electron chi connectivity index (χ0n) is 24.3. The highest BCUT2D eigenvalue weighted by Crippen LogP contribution is 2.22. The summed E-state index contributed by atoms with van der Waals surface area (Å²) in [6, 6.07) is 30.1. The zero-order valence-corrected chi connectivity index (χ0v) is 24.3. The number of ether oxygens (including phenoxy) is 1. The van der Waals surface area contributed by atoms with Crippen molar-refractivity contribution in [1.82, 2.24) is 15.5 Å². The Morgan fingerprint density at radius 3 is 2.11 bits per heavy atom. The van der Waals surface area contributed by atoms with Crippen molar-refractivity contribution in [2.45, 2.75) is 50.3 Å². The van der Waals surface area contributed by atoms with Gasteiger partial charge in [0, 0.05) is 19.4 Å². The first-order valence-electron chi connectivity index (χ1n) is 14.8. The number of nitrogens with one attached hydrogen (secondary N) is 2. The topological polar surface area (TPSA) is 128 Å². The smallest absolute Gasteiger partial charge is 0.445 e. The Hall–Kier alpha value is -4.67. The molecule has 4 aromatic carbocycles. The molecule has 4 aromatic rings. The highest BCUT2D eigenvalue weighted by Gasteiger charge is 2.40. The molecule has 3 atom stereocenters. The molecule has 0 saturated carbocycles. The first-order chi connectivity index (χ1) is 21.4. The summed E-state index contributed by atoms with van der Waals surface area (Å²) in [4.78, 5) is 42.0. The van der Waals surface area contributed by atoms with Gasteiger partial charge in [0.25, 0.3) is 0 Å². The lowest BCUT2D eigenvalue weighted by atomic mass is 9.77. The number of fused-ring (bicyclic) bond motifs is 1. The fraction of sp³-hybridized carbons (Fsp3) is 0.265. The van der Waals surface area contributed by atoms with Crippen molar-refractivity contribution in [1.29, 1.82) is 0 Å². The van der Waals surface area contributed by atoms with Crippen molar-refractivity contribution in [3.63, 3.8) is 0 Å². The van der Waals surface area contributed by atoms with Crippen LogP contribution in [0.25, 0.3) is 10.8 Å². The molecule has 4 N–H and O–H groups in total. The van der Waals surface area contributed by atoms with Crippen molar-refractivity contribution in [2.75, 3.05) is 6.54 Å². The number of hydrogen-bond acceptors (Lipinski definition) is 6. The van der Waals surface area contributed by atoms with Crippen LogP contribution in [0.15, 0.2) is 103 Å². The van der Waals surface area contributed by atoms with Gasteiger partial charge in [0.1, 0.15) is 18.7 Å². The Balaban J connectivity index is 1.37. The molecule has 0 unspecified atom stereocenters. The second-order valence-electron chi connectivity index (χ2n) is 11.0. The first-order valence-corrected chi connectivity index (χ1v) is 14.8. The van der Waals surface area contributed by atoms with Crippen LogP contribution in [0.5, 0.6) is 0 Å². The van der Waals surface area contributed by atoms with Crippen LogP contribution in [-0.2, 0) is 33.8 Å². The summed E-state index contributed by atoms with van der Waals surface area (Å²) < 4.78 is 5.40. The Morgan fingerprint density at radius 1 is 0.773 bits per heavy atom. The molecular formula is C34H36BN3O6. The summed E-state index contributed by atoms with van der Waals surface area (Å²) in [6.45, 7) is 0.387. The number of likely N-dealkylation sites (tertiary alicyclic amines) is 1. The highest BCUT2D eigenvalue weighted by molar-refractivity contribution is 6.43. The lowest BCUT2D eigenvalue weighted by Crippen LogP contribution is -2.57. The molecule has 5 rings (SSSR count). The van der Waals surface area contributed by atoms with E-state index in [2.05, 4.69) is 10.6 Å². The fourth-order valence-corrected chi connectivity index (χ4v) is 5.62. The summed E-state index contributed by atoms with van der Waals surface area (Å²) in [5, 5.41) is 27.5. The molecule has 1 aliphatic rings. The summed E-state index contributed by atoms with van der Waals surface area (Å²) in [5.41, 5.74) is 2.45. The molecule has 0 radical (unpaired) electrons. The maximum atomic E-state index is 13.9. The van der Waals surface area contributed by atoms with Crippen LogP contribution in [0, 0.1) is 0 Å². The molecule has 0 bridgehead atoms. The third-order valence-electron chi connectivity index (χ3n) is 7.90. The molecular weight excluding hydrogens is 557 g/mol. The molecule has 1 aliphatic heterocycles. The van der Waals surface area contributed by atoms with E-state index in [1.54, 1.807) is 0 Å². The van der Waals surface area contributed by atoms with Crippen LogP contribution < -0.4 is 10.6 Å². The molecule has 10 heteroatoms. The molecule has 3 amide bonds. The standard InChI is InChI=1S/C34H36BN3O6/c39-32(29(21-24-10-3-1-4-11-24)37-34(41)44-23-25-12-5-2-6-13-25)36-30(33(40)38-19-9-16-31(38)35(42)43)22-26-17-18-27-14-7-8-15-28(27)20-26/h1-8,10-15,17-18,20,29-31,42-43H,9,16,19,21-23H2,(H,36,39)(H,37,41)/t29-,30-,31-/m0/s1. The minimum absolute atomic E-state index is 0.0370. The van der Waals surface area contributed by atoms with Gasteiger partial charge in [-0.2, -0.15) is 0 Å². The Kier molecular flexibility index (Phi) is 10.3. The van der Waals surface area contributed by atoms with Crippen LogP contribution >= 0.6 is 0 Å². The van der Waals surface area contributed by atoms with Crippen molar-refractivity contribution >= 4 is 35.8 Å². The highest BCUT2D eigenvalue weighted by atomic mass is 16.5. The van der Waals surface area contributed by atoms with Crippen molar-refractivity contribution < 1.29 is 29.2 Å². The molecule has 1 saturated heterocycles. The molecule has 0 aromatic heterocycles. The molecule has 1 fully saturated rings. The fourth-order valence-electron chi connectivity index (χ4n) is 5.62. The minimum atomic E-state index is -1.69. The third-order valence-corrected chi connectivity index (χ3v) is 7.90. The summed E-state index contributed by atoms with van der Waals surface area (Å²) >= 11 is 0. The summed E-state index contributed by atoms with van der Waals surface area (Å²) in [6.07, 6.45) is 0.662. The van der Waals surface area contributed by atoms with E-state index in [0.717, 1.165) is 27.5 Å². The summed E-state index contributed by atoms with van der Waals surface area (Å²) in [7, 11) is -1.69. The summed E-state index contributed by atoms with van der Waals surface area (Å²) in [5.74, 6) is -1.72. The van der Waals surface area contributed by atoms with Gasteiger partial charge in [0.2, 0.25) is 11.8 Å². The second kappa shape index (κ2) is 14.7. The molecule has 0 aliphatic carbocycles. The minimum Gasteiger partial charge on any atom is -0.445 e. The molecule has 9 nitrogen and oxygen atoms in total. The Bertz CT molecular complexity index is 1570. The van der Waals surface area contributed by atoms with Gasteiger partial charge in [-0.25, -0.2) is 4.79 Å². The van der Waals surface area contributed by atoms with Gasteiger partial charge in [0.15, 0.2) is 0 Å². The maximum Gasteiger partial charge on any atom is 0.475 e. The first kappa shape index (κ1) is 30.8. The van der Waals surface area contributed by atoms with E-state index in [0.29, 0.717) is 19.4 Å². The zero-order chi connectivity index (χ0) is 30.9. The number of rotatable bonds is 11. The van der Waals surface area contributed by atoms with E-state index in [4.69, 9.17) is 4.74 Å². The Morgan fingerprint density at radius 2 is 1.41 bits per heavy atom. The largest absolute Gasteiger partial charge is 0.475 e. The number of hydrogen-bond donors (Lipinski definition) is 4. The number of alkyl carbamates (subject to hydrolysis) is 1. The van der Waals surface area contributed by atoms with E-state index in [-0.39, 0.29) is 19.4 Å². The molecule has 1 heterocycles. The van der Waals surface area contributed by atoms with Crippen LogP contribution in [0.2, 0.25) is 0 Å². The predicted molar refractivity (Wildman–Crippen MR) is 168 cm³/mol. The predicted octanol–water partition coefficient (Wildman–Crippen LogP) is 3.41. The van der Waals surface area contributed by atoms with E-state index in [1.807, 2.05) is 103 Å². The lowest BCUT2D eigenvalue weighted by Gasteiger charge is -2.30. The van der Waals surface area contributed by atoms with Gasteiger partial charge in [-0.05, 0) is 40.3 Å². The molecule has 44 heavy (non-hydrogen) atoms. The number of amides is 3. The number of nitrogens with zero attached hydrogens (tertiary/aromatic N) is 1. The van der Waals surface area contributed by atoms with E-state index >= 15 is 0 Å². The van der Waals surface area contributed by atoms with Crippen LogP contribution in [0.4, 0.5) is 4.79 Å². The van der Waals surface area contributed by atoms with Gasteiger partial charge >= 0.3 is 13.2 Å². The van der Waals surface area contributed by atoms with Crippen molar-refractivity contribution in [2.24, 2.45) is 0 Å². The third kappa shape index (κ3) is 8.03. The average Bonchev–Trinajstić information content (AvgIpc) is 3.54. The van der Waals surface area contributed by atoms with Crippen molar-refractivity contribution in [3.05, 3.63) is 120 Å². The normalized spacial score (nSPS) is 15.8. The van der Waals surface area contributed by atoms with Gasteiger partial charge in [-0.3, -0.25) is 9.59 Å². The molecule has 226 valence electrons. The number of carbonyl (C=O) groups is 3. The van der Waals surface area contributed by atoms with Gasteiger partial charge in [-0.1, -0.05) is 103 Å². The SMILES string of the molecule is O=C(N[C@@H](Cc1ccccc1)C(=O)N[C@@H](Cc1ccc2ccccc2c1)C(=O)N1CCC[C@H]1B(O)O)OCc1ccccc1. The van der Waals surface area contributed by atoms with E-state index in [1.165, 1.54) is 4.90 Å². The maximum absolute atomic E-state index is 13.9. The second-order valence-corrected chi connectivity index (χ2v) is 11.0. The van der Waals surface area contributed by atoms with Gasteiger partial charge in [0.05, 0.1) is 5.94 Å². The molecule has 0 spiro atoms. The Labute approximate surface area is 257 Å². The lowest BCUT2D eigenvalue weighted by molar-refractivity contribution is -0.136. The van der Waals surface area contributed by atoms with Crippen LogP contribution in [0.1, 0.15) is 29.5 Å².